The van der Waals surface area contributed by atoms with E-state index < -0.39 is 11.9 Å². The maximum absolute atomic E-state index is 13.1. The van der Waals surface area contributed by atoms with E-state index in [9.17, 15) is 18.0 Å². The number of ether oxygens (including phenoxy) is 1. The van der Waals surface area contributed by atoms with E-state index in [1.54, 1.807) is 0 Å². The number of amides is 2. The third kappa shape index (κ3) is 5.25. The minimum atomic E-state index is -4.51. The quantitative estimate of drug-likeness (QED) is 0.708. The van der Waals surface area contributed by atoms with Gasteiger partial charge in [0.2, 0.25) is 0 Å². The molecule has 2 heterocycles. The Morgan fingerprint density at radius 1 is 1.18 bits per heavy atom. The minimum absolute atomic E-state index is 0.0838. The highest BCUT2D eigenvalue weighted by molar-refractivity contribution is 5.73. The Balaban J connectivity index is 1.43. The highest BCUT2D eigenvalue weighted by atomic mass is 19.4. The van der Waals surface area contributed by atoms with Crippen LogP contribution in [-0.2, 0) is 36.9 Å². The fourth-order valence-corrected chi connectivity index (χ4v) is 3.20. The van der Waals surface area contributed by atoms with Crippen molar-refractivity contribution in [1.29, 1.82) is 0 Å². The number of aryl methyl sites for hydroxylation is 1. The first-order valence-electron chi connectivity index (χ1n) is 9.24. The van der Waals surface area contributed by atoms with Crippen LogP contribution < -0.4 is 10.6 Å². The number of halogens is 3. The molecule has 0 radical (unpaired) electrons. The SMILES string of the molecule is O=C(NCCCc1ccccc1)NCCn1nc(C(F)(F)F)c2c1CCOC2. The van der Waals surface area contributed by atoms with Gasteiger partial charge >= 0.3 is 12.2 Å². The van der Waals surface area contributed by atoms with Crippen LogP contribution in [0.1, 0.15) is 28.9 Å². The van der Waals surface area contributed by atoms with Crippen molar-refractivity contribution in [3.63, 3.8) is 0 Å². The number of hydrogen-bond acceptors (Lipinski definition) is 3. The molecule has 0 spiro atoms. The van der Waals surface area contributed by atoms with Crippen molar-refractivity contribution in [2.24, 2.45) is 0 Å². The lowest BCUT2D eigenvalue weighted by Crippen LogP contribution is -2.38. The van der Waals surface area contributed by atoms with Crippen LogP contribution in [0.3, 0.4) is 0 Å². The summed E-state index contributed by atoms with van der Waals surface area (Å²) in [5.74, 6) is 0. The molecule has 6 nitrogen and oxygen atoms in total. The first-order valence-corrected chi connectivity index (χ1v) is 9.24. The molecule has 2 amide bonds. The van der Waals surface area contributed by atoms with Gasteiger partial charge in [-0.3, -0.25) is 4.68 Å². The normalized spacial score (nSPS) is 13.8. The highest BCUT2D eigenvalue weighted by Gasteiger charge is 2.39. The smallest absolute Gasteiger partial charge is 0.376 e. The van der Waals surface area contributed by atoms with Crippen LogP contribution in [0.2, 0.25) is 0 Å². The molecule has 0 saturated carbocycles. The van der Waals surface area contributed by atoms with Gasteiger partial charge in [0.1, 0.15) is 0 Å². The number of alkyl halides is 3. The molecule has 9 heteroatoms. The Bertz CT molecular complexity index is 790. The van der Waals surface area contributed by atoms with Gasteiger partial charge in [-0.05, 0) is 18.4 Å². The van der Waals surface area contributed by atoms with Crippen molar-refractivity contribution < 1.29 is 22.7 Å². The summed E-state index contributed by atoms with van der Waals surface area (Å²) in [6.45, 7) is 1.17. The zero-order chi connectivity index (χ0) is 20.0. The van der Waals surface area contributed by atoms with Gasteiger partial charge in [0.05, 0.1) is 19.8 Å². The zero-order valence-corrected chi connectivity index (χ0v) is 15.4. The van der Waals surface area contributed by atoms with Crippen LogP contribution >= 0.6 is 0 Å². The first kappa shape index (κ1) is 20.2. The number of nitrogens with zero attached hydrogens (tertiary/aromatic N) is 2. The maximum atomic E-state index is 13.1. The summed E-state index contributed by atoms with van der Waals surface area (Å²) in [6, 6.07) is 9.63. The predicted octanol–water partition coefficient (Wildman–Crippen LogP) is 2.91. The molecule has 0 fully saturated rings. The number of benzene rings is 1. The fourth-order valence-electron chi connectivity index (χ4n) is 3.20. The van der Waals surface area contributed by atoms with Crippen LogP contribution in [-0.4, -0.2) is 35.5 Å². The molecule has 0 aliphatic carbocycles. The lowest BCUT2D eigenvalue weighted by Gasteiger charge is -2.15. The van der Waals surface area contributed by atoms with E-state index >= 15 is 0 Å². The van der Waals surface area contributed by atoms with Crippen molar-refractivity contribution in [2.45, 2.75) is 38.6 Å². The Kier molecular flexibility index (Phi) is 6.56. The molecule has 0 unspecified atom stereocenters. The number of nitrogens with one attached hydrogen (secondary N) is 2. The van der Waals surface area contributed by atoms with Crippen LogP contribution in [0.25, 0.3) is 0 Å². The molecule has 2 N–H and O–H groups in total. The van der Waals surface area contributed by atoms with Gasteiger partial charge in [-0.15, -0.1) is 0 Å². The van der Waals surface area contributed by atoms with Crippen LogP contribution in [0.4, 0.5) is 18.0 Å². The number of fused-ring (bicyclic) bond motifs is 1. The van der Waals surface area contributed by atoms with Gasteiger partial charge in [0.15, 0.2) is 5.69 Å². The van der Waals surface area contributed by atoms with E-state index in [4.69, 9.17) is 4.74 Å². The second kappa shape index (κ2) is 9.09. The van der Waals surface area contributed by atoms with Crippen LogP contribution in [0.5, 0.6) is 0 Å². The third-order valence-electron chi connectivity index (χ3n) is 4.54. The van der Waals surface area contributed by atoms with Crippen molar-refractivity contribution >= 4 is 6.03 Å². The number of carbonyl (C=O) groups is 1. The molecular weight excluding hydrogens is 373 g/mol. The van der Waals surface area contributed by atoms with E-state index in [1.807, 2.05) is 30.3 Å². The minimum Gasteiger partial charge on any atom is -0.376 e. The molecule has 152 valence electrons. The molecule has 1 aliphatic rings. The number of aromatic nitrogens is 2. The molecule has 1 aromatic carbocycles. The van der Waals surface area contributed by atoms with Crippen molar-refractivity contribution in [3.05, 3.63) is 52.8 Å². The first-order chi connectivity index (χ1) is 13.4. The monoisotopic (exact) mass is 396 g/mol. The second-order valence-electron chi connectivity index (χ2n) is 6.57. The Hall–Kier alpha value is -2.55. The van der Waals surface area contributed by atoms with E-state index in [2.05, 4.69) is 15.7 Å². The van der Waals surface area contributed by atoms with E-state index in [0.717, 1.165) is 12.8 Å². The number of hydrogen-bond donors (Lipinski definition) is 2. The summed E-state index contributed by atoms with van der Waals surface area (Å²) >= 11 is 0. The summed E-state index contributed by atoms with van der Waals surface area (Å²) in [6.07, 6.45) is -2.47. The van der Waals surface area contributed by atoms with Gasteiger partial charge in [-0.25, -0.2) is 4.79 Å². The third-order valence-corrected chi connectivity index (χ3v) is 4.54. The van der Waals surface area contributed by atoms with Crippen molar-refractivity contribution in [1.82, 2.24) is 20.4 Å². The molecular formula is C19H23F3N4O2. The number of urea groups is 1. The van der Waals surface area contributed by atoms with E-state index in [0.29, 0.717) is 25.3 Å². The van der Waals surface area contributed by atoms with Gasteiger partial charge in [-0.1, -0.05) is 30.3 Å². The Morgan fingerprint density at radius 3 is 2.68 bits per heavy atom. The Morgan fingerprint density at radius 2 is 1.93 bits per heavy atom. The van der Waals surface area contributed by atoms with E-state index in [1.165, 1.54) is 10.2 Å². The highest BCUT2D eigenvalue weighted by Crippen LogP contribution is 2.34. The Labute approximate surface area is 161 Å². The predicted molar refractivity (Wildman–Crippen MR) is 96.8 cm³/mol. The molecule has 28 heavy (non-hydrogen) atoms. The van der Waals surface area contributed by atoms with E-state index in [-0.39, 0.29) is 31.3 Å². The molecule has 0 bridgehead atoms. The summed E-state index contributed by atoms with van der Waals surface area (Å²) in [5.41, 5.74) is 0.943. The molecule has 0 atom stereocenters. The lowest BCUT2D eigenvalue weighted by atomic mass is 10.1. The molecule has 2 aromatic rings. The number of rotatable bonds is 7. The van der Waals surface area contributed by atoms with Gasteiger partial charge in [0.25, 0.3) is 0 Å². The second-order valence-corrected chi connectivity index (χ2v) is 6.57. The molecule has 3 rings (SSSR count). The zero-order valence-electron chi connectivity index (χ0n) is 15.4. The van der Waals surface area contributed by atoms with Crippen LogP contribution in [0.15, 0.2) is 30.3 Å². The standard InChI is InChI=1S/C19H23F3N4O2/c20-19(21,22)17-15-13-28-12-8-16(15)26(25-17)11-10-24-18(27)23-9-4-7-14-5-2-1-3-6-14/h1-3,5-6H,4,7-13H2,(H2,23,24,27). The fraction of sp³-hybridized carbons (Fsp3) is 0.474. The van der Waals surface area contributed by atoms with Crippen LogP contribution in [0, 0.1) is 0 Å². The summed E-state index contributed by atoms with van der Waals surface area (Å²) in [4.78, 5) is 11.8. The van der Waals surface area contributed by atoms with Crippen molar-refractivity contribution in [3.8, 4) is 0 Å². The average Bonchev–Trinajstić information content (AvgIpc) is 3.05. The molecule has 0 saturated heterocycles. The van der Waals surface area contributed by atoms with Gasteiger partial charge < -0.3 is 15.4 Å². The summed E-state index contributed by atoms with van der Waals surface area (Å²) in [7, 11) is 0. The topological polar surface area (TPSA) is 68.2 Å². The molecule has 1 aromatic heterocycles. The van der Waals surface area contributed by atoms with Gasteiger partial charge in [-0.2, -0.15) is 18.3 Å². The van der Waals surface area contributed by atoms with Gasteiger partial charge in [0, 0.05) is 30.8 Å². The number of carbonyl (C=O) groups excluding carboxylic acids is 1. The summed E-state index contributed by atoms with van der Waals surface area (Å²) in [5, 5.41) is 9.12. The lowest BCUT2D eigenvalue weighted by molar-refractivity contribution is -0.142. The average molecular weight is 396 g/mol. The van der Waals surface area contributed by atoms with Crippen molar-refractivity contribution in [2.75, 3.05) is 19.7 Å². The largest absolute Gasteiger partial charge is 0.435 e. The summed E-state index contributed by atoms with van der Waals surface area (Å²) < 4.78 is 45.8. The maximum Gasteiger partial charge on any atom is 0.435 e. The molecule has 1 aliphatic heterocycles.